The summed E-state index contributed by atoms with van der Waals surface area (Å²) in [6.45, 7) is 8.15. The molecule has 0 radical (unpaired) electrons. The van der Waals surface area contributed by atoms with E-state index in [1.165, 1.54) is 25.3 Å². The summed E-state index contributed by atoms with van der Waals surface area (Å²) in [6, 6.07) is 3.56. The number of aliphatic hydroxyl groups is 2. The van der Waals surface area contributed by atoms with Crippen LogP contribution in [0, 0.1) is 27.6 Å². The predicted molar refractivity (Wildman–Crippen MR) is 137 cm³/mol. The number of carbonyl (C=O) groups is 4. The quantitative estimate of drug-likeness (QED) is 0.323. The van der Waals surface area contributed by atoms with Gasteiger partial charge in [-0.3, -0.25) is 19.2 Å². The van der Waals surface area contributed by atoms with E-state index in [1.807, 2.05) is 13.0 Å². The van der Waals surface area contributed by atoms with Gasteiger partial charge in [-0.15, -0.1) is 0 Å². The Bertz CT molecular complexity index is 1410. The van der Waals surface area contributed by atoms with Crippen molar-refractivity contribution in [3.8, 4) is 0 Å². The summed E-state index contributed by atoms with van der Waals surface area (Å²) < 4.78 is 23.2. The molecule has 10 heteroatoms. The molecule has 0 bridgehead atoms. The van der Waals surface area contributed by atoms with E-state index in [1.54, 1.807) is 26.8 Å². The molecule has 2 N–H and O–H groups in total. The maximum atomic E-state index is 14.5. The number of ether oxygens (including phenoxy) is 3. The van der Waals surface area contributed by atoms with E-state index >= 15 is 0 Å². The maximum Gasteiger partial charge on any atom is 0.323 e. The number of hydrogen-bond donors (Lipinski definition) is 2. The van der Waals surface area contributed by atoms with Crippen molar-refractivity contribution in [2.24, 2.45) is 27.6 Å². The Kier molecular flexibility index (Phi) is 5.35. The molecule has 1 aromatic rings. The first kappa shape index (κ1) is 27.0. The van der Waals surface area contributed by atoms with E-state index in [-0.39, 0.29) is 17.9 Å². The molecule has 214 valence electrons. The smallest absolute Gasteiger partial charge is 0.323 e. The zero-order chi connectivity index (χ0) is 29.2. The SMILES string of the molecule is CCC(=O)O[C@H]1[C@@H](O)[C@@H]2[C@](C)(C(=O)C(O)=C3[C@](C)(C(=O)OC)C(=O)C=C[C@]32C)[C@@]23O[C@@H]2C[C@H](c2ccco2)[C@]13C. The third-order valence-corrected chi connectivity index (χ3v) is 11.0. The zero-order valence-electron chi connectivity index (χ0n) is 23.3. The number of rotatable bonds is 4. The van der Waals surface area contributed by atoms with Crippen LogP contribution in [0.2, 0.25) is 0 Å². The van der Waals surface area contributed by atoms with E-state index in [0.717, 1.165) is 7.11 Å². The Labute approximate surface area is 231 Å². The normalized spacial score (nSPS) is 46.7. The molecule has 6 rings (SSSR count). The molecular formula is C30H34O10. The van der Waals surface area contributed by atoms with Crippen LogP contribution in [0.1, 0.15) is 59.1 Å². The van der Waals surface area contributed by atoms with Crippen molar-refractivity contribution < 1.29 is 48.0 Å². The van der Waals surface area contributed by atoms with Crippen molar-refractivity contribution in [3.63, 3.8) is 0 Å². The highest BCUT2D eigenvalue weighted by Gasteiger charge is 2.91. The van der Waals surface area contributed by atoms with Gasteiger partial charge in [0.2, 0.25) is 5.78 Å². The van der Waals surface area contributed by atoms with Gasteiger partial charge >= 0.3 is 11.9 Å². The van der Waals surface area contributed by atoms with Gasteiger partial charge in [0.15, 0.2) is 17.0 Å². The maximum absolute atomic E-state index is 14.5. The number of hydrogen-bond acceptors (Lipinski definition) is 10. The summed E-state index contributed by atoms with van der Waals surface area (Å²) in [6.07, 6.45) is 1.75. The summed E-state index contributed by atoms with van der Waals surface area (Å²) in [4.78, 5) is 53.6. The molecule has 5 aliphatic rings. The molecule has 10 atom stereocenters. The lowest BCUT2D eigenvalue weighted by Gasteiger charge is -2.65. The van der Waals surface area contributed by atoms with Crippen LogP contribution in [0.4, 0.5) is 0 Å². The fourth-order valence-electron chi connectivity index (χ4n) is 9.38. The Morgan fingerprint density at radius 3 is 2.48 bits per heavy atom. The van der Waals surface area contributed by atoms with E-state index in [0.29, 0.717) is 12.2 Å². The predicted octanol–water partition coefficient (Wildman–Crippen LogP) is 2.95. The number of methoxy groups -OCH3 is 1. The number of carbonyl (C=O) groups excluding carboxylic acids is 4. The van der Waals surface area contributed by atoms with Gasteiger partial charge in [-0.05, 0) is 38.5 Å². The second-order valence-electron chi connectivity index (χ2n) is 12.5. The highest BCUT2D eigenvalue weighted by atomic mass is 16.6. The number of aliphatic hydroxyl groups excluding tert-OH is 2. The molecule has 1 spiro atoms. The number of furan rings is 1. The Morgan fingerprint density at radius 2 is 1.88 bits per heavy atom. The van der Waals surface area contributed by atoms with Crippen molar-refractivity contribution in [1.29, 1.82) is 0 Å². The molecule has 2 saturated carbocycles. The van der Waals surface area contributed by atoms with Gasteiger partial charge in [-0.1, -0.05) is 26.8 Å². The van der Waals surface area contributed by atoms with Crippen LogP contribution in [0.5, 0.6) is 0 Å². The highest BCUT2D eigenvalue weighted by molar-refractivity contribution is 6.15. The Morgan fingerprint density at radius 1 is 1.18 bits per heavy atom. The third kappa shape index (κ3) is 2.63. The summed E-state index contributed by atoms with van der Waals surface area (Å²) in [7, 11) is 1.12. The summed E-state index contributed by atoms with van der Waals surface area (Å²) >= 11 is 0. The van der Waals surface area contributed by atoms with Gasteiger partial charge in [-0.2, -0.15) is 0 Å². The molecule has 0 aromatic carbocycles. The molecule has 4 aliphatic carbocycles. The molecule has 1 saturated heterocycles. The minimum absolute atomic E-state index is 0.0564. The first-order valence-electron chi connectivity index (χ1n) is 13.6. The van der Waals surface area contributed by atoms with Crippen LogP contribution in [0.25, 0.3) is 0 Å². The summed E-state index contributed by atoms with van der Waals surface area (Å²) in [5.41, 5.74) is -7.46. The zero-order valence-corrected chi connectivity index (χ0v) is 23.3. The monoisotopic (exact) mass is 554 g/mol. The van der Waals surface area contributed by atoms with Crippen LogP contribution < -0.4 is 0 Å². The molecule has 1 aromatic heterocycles. The summed E-state index contributed by atoms with van der Waals surface area (Å²) in [5, 5.41) is 24.0. The number of ketones is 2. The van der Waals surface area contributed by atoms with E-state index in [4.69, 9.17) is 18.6 Å². The van der Waals surface area contributed by atoms with Crippen molar-refractivity contribution in [2.75, 3.05) is 7.11 Å². The second kappa shape index (κ2) is 7.94. The second-order valence-corrected chi connectivity index (χ2v) is 12.5. The fraction of sp³-hybridized carbons (Fsp3) is 0.600. The van der Waals surface area contributed by atoms with E-state index < -0.39 is 80.8 Å². The van der Waals surface area contributed by atoms with Crippen molar-refractivity contribution in [1.82, 2.24) is 0 Å². The van der Waals surface area contributed by atoms with Crippen molar-refractivity contribution in [3.05, 3.63) is 47.6 Å². The highest BCUT2D eigenvalue weighted by Crippen LogP contribution is 2.81. The largest absolute Gasteiger partial charge is 0.504 e. The molecular weight excluding hydrogens is 520 g/mol. The number of esters is 2. The van der Waals surface area contributed by atoms with Crippen LogP contribution in [0.3, 0.4) is 0 Å². The van der Waals surface area contributed by atoms with Crippen molar-refractivity contribution >= 4 is 23.5 Å². The van der Waals surface area contributed by atoms with E-state index in [9.17, 15) is 29.4 Å². The van der Waals surface area contributed by atoms with Crippen LogP contribution in [0.15, 0.2) is 46.3 Å². The lowest BCUT2D eigenvalue weighted by molar-refractivity contribution is -0.241. The van der Waals surface area contributed by atoms with Gasteiger partial charge in [-0.25, -0.2) is 0 Å². The van der Waals surface area contributed by atoms with Gasteiger partial charge in [0.25, 0.3) is 0 Å². The minimum atomic E-state index is -2.01. The number of allylic oxidation sites excluding steroid dienone is 3. The average molecular weight is 555 g/mol. The third-order valence-electron chi connectivity index (χ3n) is 11.0. The fourth-order valence-corrected chi connectivity index (χ4v) is 9.38. The van der Waals surface area contributed by atoms with E-state index in [2.05, 4.69) is 0 Å². The first-order chi connectivity index (χ1) is 18.7. The lowest BCUT2D eigenvalue weighted by Crippen LogP contribution is -2.75. The van der Waals surface area contributed by atoms with Gasteiger partial charge in [0, 0.05) is 34.7 Å². The first-order valence-corrected chi connectivity index (χ1v) is 13.6. The topological polar surface area (TPSA) is 153 Å². The summed E-state index contributed by atoms with van der Waals surface area (Å²) in [5.74, 6) is -4.39. The van der Waals surface area contributed by atoms with Gasteiger partial charge < -0.3 is 28.8 Å². The molecule has 0 amide bonds. The minimum Gasteiger partial charge on any atom is -0.504 e. The van der Waals surface area contributed by atoms with Crippen LogP contribution in [-0.4, -0.2) is 64.7 Å². The number of epoxide rings is 1. The average Bonchev–Trinajstić information content (AvgIpc) is 3.28. The molecule has 2 heterocycles. The molecule has 3 fully saturated rings. The molecule has 0 unspecified atom stereocenters. The Hall–Kier alpha value is -3.24. The van der Waals surface area contributed by atoms with Crippen LogP contribution in [-0.2, 0) is 33.4 Å². The Balaban J connectivity index is 1.65. The molecule has 1 aliphatic heterocycles. The van der Waals surface area contributed by atoms with Crippen molar-refractivity contribution in [2.45, 2.75) is 77.3 Å². The number of fused-ring (bicyclic) bond motifs is 3. The molecule has 40 heavy (non-hydrogen) atoms. The van der Waals surface area contributed by atoms with Crippen LogP contribution >= 0.6 is 0 Å². The lowest BCUT2D eigenvalue weighted by atomic mass is 9.38. The van der Waals surface area contributed by atoms with Gasteiger partial charge in [0.1, 0.15) is 17.5 Å². The van der Waals surface area contributed by atoms with Gasteiger partial charge in [0.05, 0.1) is 31.0 Å². The number of Topliss-reactive ketones (excluding diaryl/α,β-unsaturated/α-hetero) is 1. The standard InChI is InChI=1S/C30H34O10/c1-7-18(32)39-24-20(34)22-26(2)11-10-16(31)27(3,25(36)37-6)21(26)19(33)23(35)29(22,5)30-17(40-30)13-14(28(24,30)4)15-9-8-12-38-15/h8-12,14,17,20,22,24,33-34H,7,13H2,1-6H3/t14-,17-,20+,22+,24+,26-,27-,28-,29-,30-/m1/s1. The molecule has 10 nitrogen and oxygen atoms in total.